The molecule has 10 aromatic rings. The highest BCUT2D eigenvalue weighted by molar-refractivity contribution is 6.06. The predicted octanol–water partition coefficient (Wildman–Crippen LogP) is 13.4. The van der Waals surface area contributed by atoms with E-state index in [1.165, 1.54) is 5.56 Å². The van der Waals surface area contributed by atoms with Crippen molar-refractivity contribution in [3.8, 4) is 33.7 Å². The lowest BCUT2D eigenvalue weighted by molar-refractivity contribution is 0.621. The van der Waals surface area contributed by atoms with Gasteiger partial charge < -0.3 is 13.7 Å². The van der Waals surface area contributed by atoms with Crippen LogP contribution in [0.2, 0.25) is 0 Å². The van der Waals surface area contributed by atoms with E-state index in [1.54, 1.807) is 0 Å². The van der Waals surface area contributed by atoms with Crippen LogP contribution in [0.1, 0.15) is 0 Å². The van der Waals surface area contributed by atoms with Gasteiger partial charge in [-0.05, 0) is 82.1 Å². The average Bonchev–Trinajstić information content (AvgIpc) is 3.80. The zero-order valence-corrected chi connectivity index (χ0v) is 27.5. The number of rotatable bonds is 6. The first-order chi connectivity index (χ1) is 25.3. The van der Waals surface area contributed by atoms with E-state index in [0.29, 0.717) is 5.89 Å². The Morgan fingerprint density at radius 3 is 1.96 bits per heavy atom. The number of nitrogens with zero attached hydrogens (tertiary/aromatic N) is 2. The molecule has 0 fully saturated rings. The molecule has 4 heteroatoms. The molecule has 8 aromatic carbocycles. The van der Waals surface area contributed by atoms with E-state index in [9.17, 15) is 0 Å². The molecule has 51 heavy (non-hydrogen) atoms. The Morgan fingerprint density at radius 2 is 1.06 bits per heavy atom. The van der Waals surface area contributed by atoms with Gasteiger partial charge in [0.05, 0.1) is 0 Å². The summed E-state index contributed by atoms with van der Waals surface area (Å²) in [5.41, 5.74) is 11.8. The lowest BCUT2D eigenvalue weighted by Crippen LogP contribution is -2.10. The summed E-state index contributed by atoms with van der Waals surface area (Å²) in [4.78, 5) is 7.22. The molecule has 2 heterocycles. The van der Waals surface area contributed by atoms with Gasteiger partial charge >= 0.3 is 0 Å². The number of furan rings is 1. The SMILES string of the molecule is c1ccc(-c2cccc(N(c3ccc(-c4cccc5nc(-c6cccc7ccccc67)oc45)cc3)c3ccc4c(c3)oc3ccccc34)c2)cc1. The number of anilines is 3. The number of hydrogen-bond acceptors (Lipinski definition) is 4. The summed E-state index contributed by atoms with van der Waals surface area (Å²) in [5.74, 6) is 0.622. The Labute approximate surface area is 294 Å². The van der Waals surface area contributed by atoms with Gasteiger partial charge in [0, 0.05) is 45.0 Å². The highest BCUT2D eigenvalue weighted by atomic mass is 16.3. The summed E-state index contributed by atoms with van der Waals surface area (Å²) in [6, 6.07) is 63.3. The molecule has 0 saturated heterocycles. The van der Waals surface area contributed by atoms with Gasteiger partial charge in [-0.1, -0.05) is 121 Å². The fourth-order valence-corrected chi connectivity index (χ4v) is 7.25. The molecule has 0 bridgehead atoms. The first kappa shape index (κ1) is 29.0. The Hall–Kier alpha value is -6.91. The maximum absolute atomic E-state index is 6.55. The fourth-order valence-electron chi connectivity index (χ4n) is 7.25. The normalized spacial score (nSPS) is 11.5. The molecule has 0 aliphatic carbocycles. The maximum Gasteiger partial charge on any atom is 0.227 e. The first-order valence-electron chi connectivity index (χ1n) is 17.1. The van der Waals surface area contributed by atoms with Crippen LogP contribution in [0.3, 0.4) is 0 Å². The van der Waals surface area contributed by atoms with Gasteiger partial charge in [0.1, 0.15) is 16.7 Å². The van der Waals surface area contributed by atoms with Crippen LogP contribution >= 0.6 is 0 Å². The quantitative estimate of drug-likeness (QED) is 0.179. The third-order valence-electron chi connectivity index (χ3n) is 9.70. The van der Waals surface area contributed by atoms with Crippen molar-refractivity contribution in [2.45, 2.75) is 0 Å². The smallest absolute Gasteiger partial charge is 0.227 e. The van der Waals surface area contributed by atoms with Crippen molar-refractivity contribution in [1.29, 1.82) is 0 Å². The van der Waals surface area contributed by atoms with Crippen LogP contribution in [0.5, 0.6) is 0 Å². The minimum absolute atomic E-state index is 0.622. The lowest BCUT2D eigenvalue weighted by Gasteiger charge is -2.26. The van der Waals surface area contributed by atoms with Crippen LogP contribution in [0.4, 0.5) is 17.1 Å². The number of aromatic nitrogens is 1. The van der Waals surface area contributed by atoms with E-state index in [2.05, 4.69) is 157 Å². The van der Waals surface area contributed by atoms with Crippen LogP contribution in [0.25, 0.3) is 77.5 Å². The highest BCUT2D eigenvalue weighted by Gasteiger charge is 2.18. The summed E-state index contributed by atoms with van der Waals surface area (Å²) in [6.45, 7) is 0. The number of fused-ring (bicyclic) bond motifs is 5. The number of hydrogen-bond donors (Lipinski definition) is 0. The van der Waals surface area contributed by atoms with Crippen LogP contribution in [-0.2, 0) is 0 Å². The van der Waals surface area contributed by atoms with E-state index >= 15 is 0 Å². The summed E-state index contributed by atoms with van der Waals surface area (Å²) in [6.07, 6.45) is 0. The zero-order chi connectivity index (χ0) is 33.7. The van der Waals surface area contributed by atoms with Crippen molar-refractivity contribution in [1.82, 2.24) is 4.98 Å². The van der Waals surface area contributed by atoms with E-state index in [1.807, 2.05) is 30.3 Å². The van der Waals surface area contributed by atoms with E-state index in [-0.39, 0.29) is 0 Å². The molecule has 0 amide bonds. The molecule has 240 valence electrons. The van der Waals surface area contributed by atoms with Crippen molar-refractivity contribution < 1.29 is 8.83 Å². The Kier molecular flexibility index (Phi) is 6.78. The Balaban J connectivity index is 1.08. The second kappa shape index (κ2) is 11.9. The molecule has 0 unspecified atom stereocenters. The summed E-state index contributed by atoms with van der Waals surface area (Å²) < 4.78 is 12.9. The minimum atomic E-state index is 0.622. The number of para-hydroxylation sites is 2. The van der Waals surface area contributed by atoms with Crippen LogP contribution in [-0.4, -0.2) is 4.98 Å². The predicted molar refractivity (Wildman–Crippen MR) is 210 cm³/mol. The average molecular weight is 655 g/mol. The van der Waals surface area contributed by atoms with Gasteiger partial charge in [0.25, 0.3) is 0 Å². The standard InChI is InChI=1S/C47H30N2O2/c1-2-11-31(12-3-1)34-15-8-16-36(29-34)49(37-27-28-41-40-18-6-7-22-44(40)50-45(41)30-37)35-25-23-33(24-26-35)39-19-10-21-43-46(39)51-47(48-43)42-20-9-14-32-13-4-5-17-38(32)42/h1-30H. The van der Waals surface area contributed by atoms with Crippen molar-refractivity contribution in [2.24, 2.45) is 0 Å². The molecule has 0 saturated carbocycles. The van der Waals surface area contributed by atoms with Gasteiger partial charge in [-0.3, -0.25) is 0 Å². The van der Waals surface area contributed by atoms with Crippen molar-refractivity contribution in [3.05, 3.63) is 182 Å². The summed E-state index contributed by atoms with van der Waals surface area (Å²) >= 11 is 0. The number of benzene rings is 8. The third kappa shape index (κ3) is 5.04. The molecule has 0 N–H and O–H groups in total. The van der Waals surface area contributed by atoms with Gasteiger partial charge in [0.15, 0.2) is 5.58 Å². The molecule has 0 aliphatic heterocycles. The monoisotopic (exact) mass is 654 g/mol. The third-order valence-corrected chi connectivity index (χ3v) is 9.70. The molecule has 0 radical (unpaired) electrons. The highest BCUT2D eigenvalue weighted by Crippen LogP contribution is 2.41. The molecule has 10 rings (SSSR count). The van der Waals surface area contributed by atoms with Gasteiger partial charge in [0.2, 0.25) is 5.89 Å². The maximum atomic E-state index is 6.55. The second-order valence-corrected chi connectivity index (χ2v) is 12.8. The van der Waals surface area contributed by atoms with Gasteiger partial charge in [-0.15, -0.1) is 0 Å². The van der Waals surface area contributed by atoms with Gasteiger partial charge in [-0.2, -0.15) is 0 Å². The molecule has 4 nitrogen and oxygen atoms in total. The van der Waals surface area contributed by atoms with Gasteiger partial charge in [-0.25, -0.2) is 4.98 Å². The van der Waals surface area contributed by atoms with E-state index in [4.69, 9.17) is 13.8 Å². The Bertz CT molecular complexity index is 2860. The van der Waals surface area contributed by atoms with Crippen LogP contribution < -0.4 is 4.90 Å². The molecule has 0 atom stereocenters. The van der Waals surface area contributed by atoms with E-state index in [0.717, 1.165) is 83.1 Å². The van der Waals surface area contributed by atoms with Crippen molar-refractivity contribution in [3.63, 3.8) is 0 Å². The molecular formula is C47H30N2O2. The first-order valence-corrected chi connectivity index (χ1v) is 17.1. The zero-order valence-electron chi connectivity index (χ0n) is 27.5. The minimum Gasteiger partial charge on any atom is -0.456 e. The molecular weight excluding hydrogens is 625 g/mol. The van der Waals surface area contributed by atoms with Crippen molar-refractivity contribution in [2.75, 3.05) is 4.90 Å². The fraction of sp³-hybridized carbons (Fsp3) is 0. The summed E-state index contributed by atoms with van der Waals surface area (Å²) in [5, 5.41) is 4.50. The number of oxazole rings is 1. The molecule has 2 aromatic heterocycles. The topological polar surface area (TPSA) is 42.4 Å². The largest absolute Gasteiger partial charge is 0.456 e. The second-order valence-electron chi connectivity index (χ2n) is 12.8. The Morgan fingerprint density at radius 1 is 0.392 bits per heavy atom. The van der Waals surface area contributed by atoms with Crippen molar-refractivity contribution >= 4 is 60.9 Å². The van der Waals surface area contributed by atoms with Crippen LogP contribution in [0, 0.1) is 0 Å². The van der Waals surface area contributed by atoms with Crippen LogP contribution in [0.15, 0.2) is 191 Å². The molecule has 0 spiro atoms. The summed E-state index contributed by atoms with van der Waals surface area (Å²) in [7, 11) is 0. The van der Waals surface area contributed by atoms with E-state index < -0.39 is 0 Å². The lowest BCUT2D eigenvalue weighted by atomic mass is 10.0. The molecule has 0 aliphatic rings.